The molecular weight excluding hydrogens is 198 g/mol. The average molecular weight is 221 g/mol. The molecule has 0 amide bonds. The number of likely N-dealkylation sites (tertiary alicyclic amines) is 1. The van der Waals surface area contributed by atoms with Gasteiger partial charge in [-0.25, -0.2) is 0 Å². The summed E-state index contributed by atoms with van der Waals surface area (Å²) >= 11 is 0. The van der Waals surface area contributed by atoms with E-state index < -0.39 is 0 Å². The number of carbonyl (C=O) groups is 1. The highest BCUT2D eigenvalue weighted by atomic mass is 16.1. The molecule has 0 radical (unpaired) electrons. The second-order valence-electron chi connectivity index (χ2n) is 6.27. The molecule has 1 heterocycles. The van der Waals surface area contributed by atoms with Crippen molar-refractivity contribution in [2.24, 2.45) is 10.8 Å². The molecule has 0 saturated carbocycles. The van der Waals surface area contributed by atoms with E-state index in [9.17, 15) is 4.79 Å². The van der Waals surface area contributed by atoms with Gasteiger partial charge in [0.15, 0.2) is 0 Å². The third kappa shape index (κ3) is 2.08. The first-order valence-electron chi connectivity index (χ1n) is 6.38. The molecule has 2 aliphatic rings. The maximum atomic E-state index is 11.4. The van der Waals surface area contributed by atoms with E-state index in [0.717, 1.165) is 25.8 Å². The maximum absolute atomic E-state index is 11.4. The molecule has 0 aromatic heterocycles. The first kappa shape index (κ1) is 11.8. The molecule has 2 nitrogen and oxygen atoms in total. The summed E-state index contributed by atoms with van der Waals surface area (Å²) in [6.07, 6.45) is 9.16. The van der Waals surface area contributed by atoms with Crippen LogP contribution in [-0.4, -0.2) is 30.3 Å². The first-order chi connectivity index (χ1) is 7.47. The summed E-state index contributed by atoms with van der Waals surface area (Å²) in [5.74, 6) is 0. The van der Waals surface area contributed by atoms with Gasteiger partial charge in [0.1, 0.15) is 6.29 Å². The van der Waals surface area contributed by atoms with Crippen molar-refractivity contribution >= 4 is 6.29 Å². The third-order valence-corrected chi connectivity index (χ3v) is 4.17. The van der Waals surface area contributed by atoms with E-state index in [0.29, 0.717) is 6.04 Å². The Morgan fingerprint density at radius 3 is 2.38 bits per heavy atom. The Bertz CT molecular complexity index is 302. The van der Waals surface area contributed by atoms with Crippen molar-refractivity contribution in [1.82, 2.24) is 4.90 Å². The van der Waals surface area contributed by atoms with E-state index in [1.807, 2.05) is 0 Å². The summed E-state index contributed by atoms with van der Waals surface area (Å²) in [7, 11) is 0. The van der Waals surface area contributed by atoms with Crippen LogP contribution >= 0.6 is 0 Å². The number of hydrogen-bond donors (Lipinski definition) is 0. The summed E-state index contributed by atoms with van der Waals surface area (Å²) in [6.45, 7) is 8.93. The van der Waals surface area contributed by atoms with Crippen LogP contribution in [0.2, 0.25) is 0 Å². The fourth-order valence-electron chi connectivity index (χ4n) is 3.00. The van der Waals surface area contributed by atoms with Gasteiger partial charge in [0.2, 0.25) is 0 Å². The molecule has 0 spiro atoms. The number of allylic oxidation sites excluding steroid dienone is 1. The van der Waals surface area contributed by atoms with Crippen molar-refractivity contribution in [3.05, 3.63) is 12.2 Å². The molecule has 2 unspecified atom stereocenters. The predicted molar refractivity (Wildman–Crippen MR) is 66.3 cm³/mol. The van der Waals surface area contributed by atoms with Crippen LogP contribution in [0.15, 0.2) is 12.2 Å². The summed E-state index contributed by atoms with van der Waals surface area (Å²) in [5.41, 5.74) is -0.0460. The number of aldehydes is 1. The lowest BCUT2D eigenvalue weighted by Crippen LogP contribution is -2.49. The molecule has 16 heavy (non-hydrogen) atoms. The summed E-state index contributed by atoms with van der Waals surface area (Å²) in [5, 5.41) is 0. The zero-order valence-electron chi connectivity index (χ0n) is 10.7. The minimum atomic E-state index is -0.278. The Kier molecular flexibility index (Phi) is 2.95. The van der Waals surface area contributed by atoms with Crippen molar-refractivity contribution in [1.29, 1.82) is 0 Å². The fourth-order valence-corrected chi connectivity index (χ4v) is 3.00. The maximum Gasteiger partial charge on any atom is 0.131 e. The van der Waals surface area contributed by atoms with Crippen molar-refractivity contribution in [3.8, 4) is 0 Å². The monoisotopic (exact) mass is 221 g/mol. The van der Waals surface area contributed by atoms with E-state index in [1.165, 1.54) is 12.8 Å². The lowest BCUT2D eigenvalue weighted by Gasteiger charge is -2.44. The summed E-state index contributed by atoms with van der Waals surface area (Å²) < 4.78 is 0. The van der Waals surface area contributed by atoms with Gasteiger partial charge < -0.3 is 4.79 Å². The normalized spacial score (nSPS) is 38.8. The van der Waals surface area contributed by atoms with Crippen molar-refractivity contribution < 1.29 is 4.79 Å². The number of nitrogens with zero attached hydrogens (tertiary/aromatic N) is 1. The smallest absolute Gasteiger partial charge is 0.131 e. The van der Waals surface area contributed by atoms with Crippen LogP contribution < -0.4 is 0 Å². The van der Waals surface area contributed by atoms with Gasteiger partial charge in [-0.05, 0) is 44.7 Å². The predicted octanol–water partition coefficient (Wildman–Crippen LogP) is 2.64. The van der Waals surface area contributed by atoms with Gasteiger partial charge in [0.25, 0.3) is 0 Å². The number of hydrogen-bond acceptors (Lipinski definition) is 2. The first-order valence-corrected chi connectivity index (χ1v) is 6.38. The summed E-state index contributed by atoms with van der Waals surface area (Å²) in [4.78, 5) is 13.9. The largest absolute Gasteiger partial charge is 0.302 e. The van der Waals surface area contributed by atoms with Crippen LogP contribution in [0.4, 0.5) is 0 Å². The second-order valence-corrected chi connectivity index (χ2v) is 6.27. The lowest BCUT2D eigenvalue weighted by atomic mass is 9.68. The Balaban J connectivity index is 2.25. The van der Waals surface area contributed by atoms with Crippen LogP contribution in [0.25, 0.3) is 0 Å². The van der Waals surface area contributed by atoms with Gasteiger partial charge >= 0.3 is 0 Å². The molecule has 0 aromatic carbocycles. The van der Waals surface area contributed by atoms with Crippen LogP contribution in [0, 0.1) is 10.8 Å². The van der Waals surface area contributed by atoms with Crippen LogP contribution in [0.3, 0.4) is 0 Å². The van der Waals surface area contributed by atoms with Crippen molar-refractivity contribution in [3.63, 3.8) is 0 Å². The molecular formula is C14H23NO. The van der Waals surface area contributed by atoms with Crippen molar-refractivity contribution in [2.45, 2.75) is 46.1 Å². The molecule has 2 atom stereocenters. The average Bonchev–Trinajstić information content (AvgIpc) is 2.75. The SMILES string of the molecule is CC1(C)C=CC(C)(C=O)C(N2CCCC2)C1. The molecule has 1 aliphatic carbocycles. The molecule has 0 N–H and O–H groups in total. The van der Waals surface area contributed by atoms with Crippen LogP contribution in [0.5, 0.6) is 0 Å². The molecule has 1 aliphatic heterocycles. The number of rotatable bonds is 2. The Hall–Kier alpha value is -0.630. The standard InChI is InChI=1S/C14H23NO/c1-13(2)6-7-14(3,11-16)12(10-13)15-8-4-5-9-15/h6-7,11-12H,4-5,8-10H2,1-3H3. The van der Waals surface area contributed by atoms with Gasteiger partial charge in [0, 0.05) is 6.04 Å². The minimum Gasteiger partial charge on any atom is -0.302 e. The molecule has 0 aromatic rings. The molecule has 1 fully saturated rings. The number of carbonyl (C=O) groups excluding carboxylic acids is 1. The lowest BCUT2D eigenvalue weighted by molar-refractivity contribution is -0.117. The minimum absolute atomic E-state index is 0.232. The van der Waals surface area contributed by atoms with Gasteiger partial charge in [-0.2, -0.15) is 0 Å². The van der Waals surface area contributed by atoms with Crippen LogP contribution in [0.1, 0.15) is 40.0 Å². The highest BCUT2D eigenvalue weighted by molar-refractivity contribution is 5.64. The molecule has 90 valence electrons. The van der Waals surface area contributed by atoms with E-state index in [-0.39, 0.29) is 10.8 Å². The molecule has 2 rings (SSSR count). The molecule has 0 bridgehead atoms. The highest BCUT2D eigenvalue weighted by Gasteiger charge is 2.42. The second kappa shape index (κ2) is 3.99. The summed E-state index contributed by atoms with van der Waals surface area (Å²) in [6, 6.07) is 0.396. The van der Waals surface area contributed by atoms with E-state index >= 15 is 0 Å². The van der Waals surface area contributed by atoms with Gasteiger partial charge in [0.05, 0.1) is 5.41 Å². The zero-order chi connectivity index (χ0) is 11.8. The van der Waals surface area contributed by atoms with Crippen LogP contribution in [-0.2, 0) is 4.79 Å². The van der Waals surface area contributed by atoms with Gasteiger partial charge in [-0.3, -0.25) is 4.90 Å². The van der Waals surface area contributed by atoms with E-state index in [2.05, 4.69) is 37.8 Å². The van der Waals surface area contributed by atoms with Gasteiger partial charge in [-0.15, -0.1) is 0 Å². The quantitative estimate of drug-likeness (QED) is 0.528. The highest BCUT2D eigenvalue weighted by Crippen LogP contribution is 2.41. The van der Waals surface area contributed by atoms with Crippen molar-refractivity contribution in [2.75, 3.05) is 13.1 Å². The zero-order valence-corrected chi connectivity index (χ0v) is 10.7. The Labute approximate surface area is 98.7 Å². The third-order valence-electron chi connectivity index (χ3n) is 4.17. The topological polar surface area (TPSA) is 20.3 Å². The van der Waals surface area contributed by atoms with E-state index in [4.69, 9.17) is 0 Å². The fraction of sp³-hybridized carbons (Fsp3) is 0.786. The molecule has 1 saturated heterocycles. The Morgan fingerprint density at radius 2 is 1.81 bits per heavy atom. The Morgan fingerprint density at radius 1 is 1.19 bits per heavy atom. The van der Waals surface area contributed by atoms with Gasteiger partial charge in [-0.1, -0.05) is 26.0 Å². The van der Waals surface area contributed by atoms with E-state index in [1.54, 1.807) is 0 Å². The molecule has 2 heteroatoms.